The van der Waals surface area contributed by atoms with Crippen LogP contribution in [-0.4, -0.2) is 39.7 Å². The van der Waals surface area contributed by atoms with Crippen LogP contribution in [-0.2, 0) is 4.74 Å². The number of hydrogen-bond donors (Lipinski definition) is 0. The first kappa shape index (κ1) is 20.3. The van der Waals surface area contributed by atoms with Gasteiger partial charge < -0.3 is 18.9 Å². The maximum atomic E-state index is 12.3. The molecule has 2 aromatic rings. The summed E-state index contributed by atoms with van der Waals surface area (Å²) in [5.74, 6) is 0.496. The molecule has 0 radical (unpaired) electrons. The Hall–Kier alpha value is -3.02. The van der Waals surface area contributed by atoms with Crippen molar-refractivity contribution in [3.8, 4) is 17.2 Å². The first-order chi connectivity index (χ1) is 12.9. The molecule has 0 aliphatic heterocycles. The number of hydrogen-bond acceptors (Lipinski definition) is 6. The molecule has 6 heteroatoms. The molecule has 0 aliphatic rings. The van der Waals surface area contributed by atoms with Crippen molar-refractivity contribution < 1.29 is 28.5 Å². The number of carbonyl (C=O) groups excluding carboxylic acids is 2. The highest BCUT2D eigenvalue weighted by Gasteiger charge is 2.19. The fraction of sp³-hybridized carbons (Fsp3) is 0.333. The van der Waals surface area contributed by atoms with Crippen LogP contribution in [0.5, 0.6) is 17.2 Å². The minimum atomic E-state index is -0.651. The minimum absolute atomic E-state index is 0.201. The Morgan fingerprint density at radius 1 is 0.852 bits per heavy atom. The Kier molecular flexibility index (Phi) is 6.82. The van der Waals surface area contributed by atoms with Crippen LogP contribution in [0.4, 0.5) is 0 Å². The zero-order chi connectivity index (χ0) is 20.0. The molecule has 6 nitrogen and oxygen atoms in total. The fourth-order valence-electron chi connectivity index (χ4n) is 2.55. The van der Waals surface area contributed by atoms with Crippen molar-refractivity contribution in [2.24, 2.45) is 0 Å². The van der Waals surface area contributed by atoms with E-state index in [2.05, 4.69) is 13.8 Å². The standard InChI is InChI=1S/C21H24O6/c1-13(2)14-6-8-15(9-7-14)17(22)12-27-21(23)16-10-18(24-3)20(26-5)19(11-16)25-4/h6-11,13H,12H2,1-5H3. The van der Waals surface area contributed by atoms with E-state index in [0.717, 1.165) is 5.56 Å². The Balaban J connectivity index is 2.09. The molecule has 2 rings (SSSR count). The zero-order valence-corrected chi connectivity index (χ0v) is 16.2. The van der Waals surface area contributed by atoms with E-state index in [1.165, 1.54) is 33.5 Å². The van der Waals surface area contributed by atoms with Crippen LogP contribution in [0.25, 0.3) is 0 Å². The molecular formula is C21H24O6. The molecule has 0 unspecified atom stereocenters. The zero-order valence-electron chi connectivity index (χ0n) is 16.2. The molecule has 0 N–H and O–H groups in total. The first-order valence-electron chi connectivity index (χ1n) is 8.51. The highest BCUT2D eigenvalue weighted by Crippen LogP contribution is 2.38. The molecule has 0 aromatic heterocycles. The Labute approximate surface area is 159 Å². The summed E-state index contributed by atoms with van der Waals surface area (Å²) in [7, 11) is 4.38. The monoisotopic (exact) mass is 372 g/mol. The quantitative estimate of drug-likeness (QED) is 0.517. The molecule has 0 saturated carbocycles. The van der Waals surface area contributed by atoms with Crippen molar-refractivity contribution in [3.05, 3.63) is 53.1 Å². The van der Waals surface area contributed by atoms with Gasteiger partial charge in [-0.2, -0.15) is 0 Å². The lowest BCUT2D eigenvalue weighted by Gasteiger charge is -2.13. The van der Waals surface area contributed by atoms with E-state index in [1.807, 2.05) is 12.1 Å². The predicted octanol–water partition coefficient (Wildman–Crippen LogP) is 3.88. The van der Waals surface area contributed by atoms with Gasteiger partial charge in [-0.15, -0.1) is 0 Å². The summed E-state index contributed by atoms with van der Waals surface area (Å²) in [5, 5.41) is 0. The van der Waals surface area contributed by atoms with Crippen LogP contribution in [0, 0.1) is 0 Å². The van der Waals surface area contributed by atoms with E-state index >= 15 is 0 Å². The summed E-state index contributed by atoms with van der Waals surface area (Å²) in [4.78, 5) is 24.6. The van der Waals surface area contributed by atoms with Crippen LogP contribution in [0.15, 0.2) is 36.4 Å². The van der Waals surface area contributed by atoms with Crippen LogP contribution in [0.1, 0.15) is 46.0 Å². The van der Waals surface area contributed by atoms with Crippen molar-refractivity contribution in [1.29, 1.82) is 0 Å². The van der Waals surface area contributed by atoms with E-state index in [9.17, 15) is 9.59 Å². The number of ketones is 1. The molecule has 0 heterocycles. The Bertz CT molecular complexity index is 783. The lowest BCUT2D eigenvalue weighted by atomic mass is 10.0. The molecule has 2 aromatic carbocycles. The van der Waals surface area contributed by atoms with Gasteiger partial charge in [0.15, 0.2) is 23.9 Å². The Morgan fingerprint density at radius 3 is 1.85 bits per heavy atom. The predicted molar refractivity (Wildman–Crippen MR) is 101 cm³/mol. The maximum absolute atomic E-state index is 12.3. The van der Waals surface area contributed by atoms with Gasteiger partial charge in [0.1, 0.15) is 0 Å². The summed E-state index contributed by atoms with van der Waals surface area (Å²) in [6, 6.07) is 10.2. The van der Waals surface area contributed by atoms with Gasteiger partial charge in [-0.25, -0.2) is 4.79 Å². The molecule has 0 amide bonds. The molecule has 0 saturated heterocycles. The normalized spacial score (nSPS) is 10.4. The lowest BCUT2D eigenvalue weighted by Crippen LogP contribution is -2.14. The van der Waals surface area contributed by atoms with Gasteiger partial charge in [0.05, 0.1) is 26.9 Å². The lowest BCUT2D eigenvalue weighted by molar-refractivity contribution is 0.0474. The molecule has 0 bridgehead atoms. The molecule has 0 aliphatic carbocycles. The number of methoxy groups -OCH3 is 3. The highest BCUT2D eigenvalue weighted by molar-refractivity contribution is 5.99. The topological polar surface area (TPSA) is 71.1 Å². The van der Waals surface area contributed by atoms with Crippen molar-refractivity contribution >= 4 is 11.8 Å². The van der Waals surface area contributed by atoms with Gasteiger partial charge in [-0.3, -0.25) is 4.79 Å². The number of esters is 1. The summed E-state index contributed by atoms with van der Waals surface area (Å²) in [6.07, 6.45) is 0. The molecule has 27 heavy (non-hydrogen) atoms. The van der Waals surface area contributed by atoms with Gasteiger partial charge in [0, 0.05) is 5.56 Å². The third-order valence-corrected chi connectivity index (χ3v) is 4.13. The van der Waals surface area contributed by atoms with Gasteiger partial charge in [-0.05, 0) is 23.6 Å². The highest BCUT2D eigenvalue weighted by atomic mass is 16.5. The molecular weight excluding hydrogens is 348 g/mol. The molecule has 0 atom stereocenters. The van der Waals surface area contributed by atoms with Gasteiger partial charge >= 0.3 is 5.97 Å². The van der Waals surface area contributed by atoms with Gasteiger partial charge in [-0.1, -0.05) is 38.1 Å². The largest absolute Gasteiger partial charge is 0.493 e. The smallest absolute Gasteiger partial charge is 0.338 e. The van der Waals surface area contributed by atoms with Crippen molar-refractivity contribution in [1.82, 2.24) is 0 Å². The third kappa shape index (κ3) is 4.78. The van der Waals surface area contributed by atoms with Crippen LogP contribution in [0.3, 0.4) is 0 Å². The maximum Gasteiger partial charge on any atom is 0.338 e. The number of Topliss-reactive ketones (excluding diaryl/α,β-unsaturated/α-hetero) is 1. The van der Waals surface area contributed by atoms with E-state index in [1.54, 1.807) is 12.1 Å². The van der Waals surface area contributed by atoms with E-state index in [4.69, 9.17) is 18.9 Å². The summed E-state index contributed by atoms with van der Waals surface area (Å²) in [5.41, 5.74) is 1.84. The minimum Gasteiger partial charge on any atom is -0.493 e. The average molecular weight is 372 g/mol. The molecule has 0 spiro atoms. The van der Waals surface area contributed by atoms with E-state index in [-0.39, 0.29) is 18.0 Å². The van der Waals surface area contributed by atoms with Gasteiger partial charge in [0.25, 0.3) is 0 Å². The van der Waals surface area contributed by atoms with Crippen LogP contribution < -0.4 is 14.2 Å². The van der Waals surface area contributed by atoms with Crippen molar-refractivity contribution in [3.63, 3.8) is 0 Å². The third-order valence-electron chi connectivity index (χ3n) is 4.13. The fourth-order valence-corrected chi connectivity index (χ4v) is 2.55. The van der Waals surface area contributed by atoms with E-state index < -0.39 is 5.97 Å². The number of benzene rings is 2. The second-order valence-corrected chi connectivity index (χ2v) is 6.19. The van der Waals surface area contributed by atoms with Gasteiger partial charge in [0.2, 0.25) is 5.75 Å². The molecule has 144 valence electrons. The summed E-state index contributed by atoms with van der Waals surface area (Å²) >= 11 is 0. The first-order valence-corrected chi connectivity index (χ1v) is 8.51. The van der Waals surface area contributed by atoms with E-state index in [0.29, 0.717) is 28.7 Å². The summed E-state index contributed by atoms with van der Waals surface area (Å²) in [6.45, 7) is 3.81. The molecule has 0 fully saturated rings. The second-order valence-electron chi connectivity index (χ2n) is 6.19. The summed E-state index contributed by atoms with van der Waals surface area (Å²) < 4.78 is 20.8. The number of carbonyl (C=O) groups is 2. The van der Waals surface area contributed by atoms with Crippen LogP contribution >= 0.6 is 0 Å². The second kappa shape index (κ2) is 9.07. The number of rotatable bonds is 8. The van der Waals surface area contributed by atoms with Crippen molar-refractivity contribution in [2.75, 3.05) is 27.9 Å². The number of ether oxygens (including phenoxy) is 4. The average Bonchev–Trinajstić information content (AvgIpc) is 2.70. The van der Waals surface area contributed by atoms with Crippen molar-refractivity contribution in [2.45, 2.75) is 19.8 Å². The van der Waals surface area contributed by atoms with Crippen LogP contribution in [0.2, 0.25) is 0 Å². The SMILES string of the molecule is COc1cc(C(=O)OCC(=O)c2ccc(C(C)C)cc2)cc(OC)c1OC. The Morgan fingerprint density at radius 2 is 1.41 bits per heavy atom.